The Hall–Kier alpha value is -1.10. The van der Waals surface area contributed by atoms with E-state index in [1.165, 1.54) is 19.3 Å². The number of rotatable bonds is 9. The molecule has 0 aromatic carbocycles. The summed E-state index contributed by atoms with van der Waals surface area (Å²) in [6, 6.07) is 0.428. The Morgan fingerprint density at radius 2 is 1.60 bits per heavy atom. The van der Waals surface area contributed by atoms with Gasteiger partial charge in [-0.05, 0) is 45.2 Å². The number of unbranched alkanes of at least 4 members (excludes halogenated alkanes) is 3. The fraction of sp³-hybridized carbons (Fsp3) is 0.786. The molecule has 1 atom stereocenters. The lowest BCUT2D eigenvalue weighted by Crippen LogP contribution is -2.15. The first-order chi connectivity index (χ1) is 9.51. The fourth-order valence-corrected chi connectivity index (χ4v) is 1.87. The Labute approximate surface area is 126 Å². The highest BCUT2D eigenvalue weighted by Crippen LogP contribution is 2.17. The van der Waals surface area contributed by atoms with E-state index in [9.17, 15) is 0 Å². The molecule has 1 unspecified atom stereocenters. The van der Waals surface area contributed by atoms with Gasteiger partial charge in [0.15, 0.2) is 0 Å². The van der Waals surface area contributed by atoms with Gasteiger partial charge in [-0.3, -0.25) is 0 Å². The maximum absolute atomic E-state index is 5.84. The molecule has 1 heterocycles. The molecule has 1 aromatic heterocycles. The van der Waals surface area contributed by atoms with Gasteiger partial charge in [0, 0.05) is 0 Å². The van der Waals surface area contributed by atoms with Crippen LogP contribution in [-0.4, -0.2) is 27.2 Å². The second-order valence-corrected chi connectivity index (χ2v) is 5.45. The lowest BCUT2D eigenvalue weighted by Gasteiger charge is -2.14. The van der Waals surface area contributed by atoms with Crippen molar-refractivity contribution in [1.29, 1.82) is 0 Å². The van der Waals surface area contributed by atoms with Gasteiger partial charge >= 0.3 is 12.0 Å². The average molecular weight is 302 g/mol. The van der Waals surface area contributed by atoms with E-state index in [1.807, 2.05) is 20.8 Å². The third kappa shape index (κ3) is 6.89. The molecule has 0 bridgehead atoms. The summed E-state index contributed by atoms with van der Waals surface area (Å²) >= 11 is 5.84. The molecule has 0 aliphatic heterocycles. The van der Waals surface area contributed by atoms with E-state index in [4.69, 9.17) is 21.1 Å². The maximum atomic E-state index is 5.84. The standard InChI is InChI=1S/C14H24ClN3O2/c1-5-6-7-8-9-11(4)20-14-17-12(15)16-13(18-14)19-10(2)3/h10-11H,5-9H2,1-4H3. The molecule has 114 valence electrons. The van der Waals surface area contributed by atoms with Crippen LogP contribution in [0.5, 0.6) is 12.0 Å². The van der Waals surface area contributed by atoms with Crippen LogP contribution in [0.1, 0.15) is 59.8 Å². The van der Waals surface area contributed by atoms with Gasteiger partial charge < -0.3 is 9.47 Å². The Bertz CT molecular complexity index is 402. The normalized spacial score (nSPS) is 12.5. The number of hydrogen-bond acceptors (Lipinski definition) is 5. The molecule has 0 fully saturated rings. The molecule has 5 nitrogen and oxygen atoms in total. The van der Waals surface area contributed by atoms with Crippen molar-refractivity contribution in [1.82, 2.24) is 15.0 Å². The molecule has 0 saturated heterocycles. The SMILES string of the molecule is CCCCCCC(C)Oc1nc(Cl)nc(OC(C)C)n1. The first kappa shape index (κ1) is 17.0. The smallest absolute Gasteiger partial charge is 0.324 e. The largest absolute Gasteiger partial charge is 0.461 e. The van der Waals surface area contributed by atoms with Crippen LogP contribution in [0.3, 0.4) is 0 Å². The molecule has 0 amide bonds. The maximum Gasteiger partial charge on any atom is 0.324 e. The zero-order valence-corrected chi connectivity index (χ0v) is 13.5. The van der Waals surface area contributed by atoms with Crippen molar-refractivity contribution in [2.24, 2.45) is 0 Å². The Morgan fingerprint density at radius 1 is 0.950 bits per heavy atom. The predicted octanol–water partition coefficient (Wildman–Crippen LogP) is 4.05. The van der Waals surface area contributed by atoms with Gasteiger partial charge in [-0.25, -0.2) is 0 Å². The summed E-state index contributed by atoms with van der Waals surface area (Å²) in [5.41, 5.74) is 0. The minimum atomic E-state index is -0.0206. The van der Waals surface area contributed by atoms with E-state index in [2.05, 4.69) is 21.9 Å². The van der Waals surface area contributed by atoms with Crippen LogP contribution in [0.2, 0.25) is 5.28 Å². The van der Waals surface area contributed by atoms with E-state index < -0.39 is 0 Å². The molecule has 0 spiro atoms. The van der Waals surface area contributed by atoms with Gasteiger partial charge in [-0.1, -0.05) is 26.2 Å². The highest BCUT2D eigenvalue weighted by Gasteiger charge is 2.11. The Balaban J connectivity index is 2.51. The van der Waals surface area contributed by atoms with E-state index in [0.29, 0.717) is 0 Å². The van der Waals surface area contributed by atoms with Gasteiger partial charge in [0.05, 0.1) is 12.2 Å². The van der Waals surface area contributed by atoms with Crippen LogP contribution in [0.15, 0.2) is 0 Å². The molecule has 1 rings (SSSR count). The van der Waals surface area contributed by atoms with E-state index in [0.717, 1.165) is 12.8 Å². The molecule has 6 heteroatoms. The monoisotopic (exact) mass is 301 g/mol. The second-order valence-electron chi connectivity index (χ2n) is 5.11. The predicted molar refractivity (Wildman–Crippen MR) is 79.5 cm³/mol. The Morgan fingerprint density at radius 3 is 2.20 bits per heavy atom. The minimum Gasteiger partial charge on any atom is -0.461 e. The van der Waals surface area contributed by atoms with Crippen LogP contribution in [-0.2, 0) is 0 Å². The van der Waals surface area contributed by atoms with Crippen molar-refractivity contribution >= 4 is 11.6 Å². The van der Waals surface area contributed by atoms with E-state index in [-0.39, 0.29) is 29.5 Å². The van der Waals surface area contributed by atoms with E-state index >= 15 is 0 Å². The lowest BCUT2D eigenvalue weighted by molar-refractivity contribution is 0.177. The number of nitrogens with zero attached hydrogens (tertiary/aromatic N) is 3. The van der Waals surface area contributed by atoms with Crippen LogP contribution in [0, 0.1) is 0 Å². The molecule has 20 heavy (non-hydrogen) atoms. The molecule has 0 radical (unpaired) electrons. The van der Waals surface area contributed by atoms with Gasteiger partial charge in [0.25, 0.3) is 0 Å². The van der Waals surface area contributed by atoms with Crippen molar-refractivity contribution in [3.8, 4) is 12.0 Å². The van der Waals surface area contributed by atoms with Crippen molar-refractivity contribution in [3.05, 3.63) is 5.28 Å². The summed E-state index contributed by atoms with van der Waals surface area (Å²) in [7, 11) is 0. The molecular weight excluding hydrogens is 278 g/mol. The molecular formula is C14H24ClN3O2. The second kappa shape index (κ2) is 8.95. The van der Waals surface area contributed by atoms with Crippen LogP contribution in [0.25, 0.3) is 0 Å². The van der Waals surface area contributed by atoms with Crippen LogP contribution >= 0.6 is 11.6 Å². The third-order valence-corrected chi connectivity index (χ3v) is 2.85. The minimum absolute atomic E-state index is 0.0206. The summed E-state index contributed by atoms with van der Waals surface area (Å²) in [6.45, 7) is 8.00. The molecule has 1 aromatic rings. The average Bonchev–Trinajstić information content (AvgIpc) is 2.33. The van der Waals surface area contributed by atoms with Gasteiger partial charge in [-0.2, -0.15) is 9.97 Å². The van der Waals surface area contributed by atoms with Gasteiger partial charge in [-0.15, -0.1) is 4.98 Å². The zero-order chi connectivity index (χ0) is 15.0. The van der Waals surface area contributed by atoms with Crippen molar-refractivity contribution < 1.29 is 9.47 Å². The van der Waals surface area contributed by atoms with Gasteiger partial charge in [0.2, 0.25) is 5.28 Å². The summed E-state index contributed by atoms with van der Waals surface area (Å²) in [5, 5.41) is 0.0869. The first-order valence-corrected chi connectivity index (χ1v) is 7.64. The molecule has 0 saturated carbocycles. The highest BCUT2D eigenvalue weighted by molar-refractivity contribution is 6.28. The third-order valence-electron chi connectivity index (χ3n) is 2.68. The number of aromatic nitrogens is 3. The number of halogens is 1. The van der Waals surface area contributed by atoms with Crippen molar-refractivity contribution in [3.63, 3.8) is 0 Å². The summed E-state index contributed by atoms with van der Waals surface area (Å²) in [4.78, 5) is 12.0. The zero-order valence-electron chi connectivity index (χ0n) is 12.7. The van der Waals surface area contributed by atoms with Crippen LogP contribution < -0.4 is 9.47 Å². The molecule has 0 aliphatic carbocycles. The lowest BCUT2D eigenvalue weighted by atomic mass is 10.1. The topological polar surface area (TPSA) is 57.1 Å². The van der Waals surface area contributed by atoms with E-state index in [1.54, 1.807) is 0 Å². The fourth-order valence-electron chi connectivity index (χ4n) is 1.73. The number of hydrogen-bond donors (Lipinski definition) is 0. The first-order valence-electron chi connectivity index (χ1n) is 7.26. The van der Waals surface area contributed by atoms with Crippen molar-refractivity contribution in [2.45, 2.75) is 72.0 Å². The quantitative estimate of drug-likeness (QED) is 0.644. The Kier molecular flexibility index (Phi) is 7.59. The van der Waals surface area contributed by atoms with Gasteiger partial charge in [0.1, 0.15) is 0 Å². The van der Waals surface area contributed by atoms with Crippen molar-refractivity contribution in [2.75, 3.05) is 0 Å². The number of ether oxygens (including phenoxy) is 2. The van der Waals surface area contributed by atoms with Crippen LogP contribution in [0.4, 0.5) is 0 Å². The summed E-state index contributed by atoms with van der Waals surface area (Å²) < 4.78 is 11.1. The molecule has 0 aliphatic rings. The highest BCUT2D eigenvalue weighted by atomic mass is 35.5. The molecule has 0 N–H and O–H groups in total. The summed E-state index contributed by atoms with van der Waals surface area (Å²) in [6.07, 6.45) is 5.87. The summed E-state index contributed by atoms with van der Waals surface area (Å²) in [5.74, 6) is 0.